The minimum atomic E-state index is -0.821. The number of rotatable bonds is 2. The zero-order chi connectivity index (χ0) is 14.8. The van der Waals surface area contributed by atoms with Crippen molar-refractivity contribution in [1.82, 2.24) is 5.32 Å². The number of carbonyl (C=O) groups excluding carboxylic acids is 1. The predicted molar refractivity (Wildman–Crippen MR) is 76.6 cm³/mol. The maximum absolute atomic E-state index is 12.3. The van der Waals surface area contributed by atoms with E-state index in [0.717, 1.165) is 12.8 Å². The highest BCUT2D eigenvalue weighted by Gasteiger charge is 2.36. The third-order valence-corrected chi connectivity index (χ3v) is 4.22. The van der Waals surface area contributed by atoms with Crippen molar-refractivity contribution < 1.29 is 9.90 Å². The van der Waals surface area contributed by atoms with Gasteiger partial charge in [0.15, 0.2) is 0 Å². The molecule has 1 saturated carbocycles. The Balaban J connectivity index is 2.18. The third-order valence-electron chi connectivity index (χ3n) is 3.89. The molecule has 0 atom stereocenters. The lowest BCUT2D eigenvalue weighted by molar-refractivity contribution is 0.0893. The van der Waals surface area contributed by atoms with Crippen LogP contribution in [-0.2, 0) is 0 Å². The molecule has 2 rings (SSSR count). The predicted octanol–water partition coefficient (Wildman–Crippen LogP) is 3.25. The smallest absolute Gasteiger partial charge is 0.254 e. The Bertz CT molecular complexity index is 557. The number of nitriles is 1. The first kappa shape index (κ1) is 14.7. The molecule has 1 amide bonds. The standard InChI is InChI=1S/C15H17ClN2O2/c1-10-4-6-15(9-17,7-5-10)18-14(20)12-8-11(19)2-3-13(12)16/h2-3,8,10,19H,4-7H2,1H3,(H,18,20). The molecule has 0 unspecified atom stereocenters. The van der Waals surface area contributed by atoms with Crippen molar-refractivity contribution >= 4 is 17.5 Å². The summed E-state index contributed by atoms with van der Waals surface area (Å²) < 4.78 is 0. The van der Waals surface area contributed by atoms with Crippen LogP contribution in [0.2, 0.25) is 5.02 Å². The van der Waals surface area contributed by atoms with Crippen molar-refractivity contribution in [3.63, 3.8) is 0 Å². The summed E-state index contributed by atoms with van der Waals surface area (Å²) >= 11 is 5.97. The number of phenols is 1. The van der Waals surface area contributed by atoms with Crippen LogP contribution in [0.15, 0.2) is 18.2 Å². The van der Waals surface area contributed by atoms with Crippen LogP contribution < -0.4 is 5.32 Å². The number of aromatic hydroxyl groups is 1. The quantitative estimate of drug-likeness (QED) is 0.879. The van der Waals surface area contributed by atoms with Crippen LogP contribution in [0, 0.1) is 17.2 Å². The Hall–Kier alpha value is -1.73. The van der Waals surface area contributed by atoms with Gasteiger partial charge in [0.05, 0.1) is 16.7 Å². The Morgan fingerprint density at radius 1 is 1.50 bits per heavy atom. The molecule has 5 heteroatoms. The van der Waals surface area contributed by atoms with Gasteiger partial charge in [0.2, 0.25) is 0 Å². The summed E-state index contributed by atoms with van der Waals surface area (Å²) in [6, 6.07) is 6.43. The third kappa shape index (κ3) is 3.05. The van der Waals surface area contributed by atoms with Gasteiger partial charge in [-0.15, -0.1) is 0 Å². The number of nitrogens with zero attached hydrogens (tertiary/aromatic N) is 1. The molecule has 0 spiro atoms. The molecule has 1 fully saturated rings. The Morgan fingerprint density at radius 3 is 2.75 bits per heavy atom. The number of hydrogen-bond acceptors (Lipinski definition) is 3. The van der Waals surface area contributed by atoms with Gasteiger partial charge in [0, 0.05) is 0 Å². The van der Waals surface area contributed by atoms with Gasteiger partial charge in [0.25, 0.3) is 5.91 Å². The van der Waals surface area contributed by atoms with Crippen LogP contribution >= 0.6 is 11.6 Å². The summed E-state index contributed by atoms with van der Waals surface area (Å²) in [6.07, 6.45) is 3.13. The molecule has 4 nitrogen and oxygen atoms in total. The molecule has 1 aromatic carbocycles. The molecular weight excluding hydrogens is 276 g/mol. The second kappa shape index (κ2) is 5.72. The fraction of sp³-hybridized carbons (Fsp3) is 0.467. The first-order valence-corrected chi connectivity index (χ1v) is 7.06. The van der Waals surface area contributed by atoms with Crippen molar-refractivity contribution in [2.75, 3.05) is 0 Å². The highest BCUT2D eigenvalue weighted by Crippen LogP contribution is 2.32. The normalized spacial score (nSPS) is 25.8. The maximum atomic E-state index is 12.3. The summed E-state index contributed by atoms with van der Waals surface area (Å²) in [4.78, 5) is 12.3. The van der Waals surface area contributed by atoms with Crippen LogP contribution in [0.3, 0.4) is 0 Å². The lowest BCUT2D eigenvalue weighted by atomic mass is 9.78. The molecule has 0 bridgehead atoms. The summed E-state index contributed by atoms with van der Waals surface area (Å²) in [5.74, 6) is 0.141. The molecule has 20 heavy (non-hydrogen) atoms. The molecule has 0 heterocycles. The lowest BCUT2D eigenvalue weighted by Crippen LogP contribution is -2.49. The highest BCUT2D eigenvalue weighted by molar-refractivity contribution is 6.33. The molecule has 1 aliphatic rings. The first-order chi connectivity index (χ1) is 9.46. The van der Waals surface area contributed by atoms with Gasteiger partial charge in [-0.2, -0.15) is 5.26 Å². The van der Waals surface area contributed by atoms with Crippen molar-refractivity contribution in [1.29, 1.82) is 5.26 Å². The molecule has 1 aromatic rings. The molecule has 106 valence electrons. The van der Waals surface area contributed by atoms with E-state index < -0.39 is 11.4 Å². The lowest BCUT2D eigenvalue weighted by Gasteiger charge is -2.34. The fourth-order valence-electron chi connectivity index (χ4n) is 2.49. The Labute approximate surface area is 123 Å². The van der Waals surface area contributed by atoms with E-state index in [9.17, 15) is 15.2 Å². The highest BCUT2D eigenvalue weighted by atomic mass is 35.5. The summed E-state index contributed by atoms with van der Waals surface area (Å²) in [6.45, 7) is 2.15. The SMILES string of the molecule is CC1CCC(C#N)(NC(=O)c2cc(O)ccc2Cl)CC1. The number of halogens is 1. The van der Waals surface area contributed by atoms with Gasteiger partial charge in [-0.1, -0.05) is 18.5 Å². The van der Waals surface area contributed by atoms with Gasteiger partial charge in [-0.25, -0.2) is 0 Å². The molecule has 0 radical (unpaired) electrons. The molecular formula is C15H17ClN2O2. The number of hydrogen-bond donors (Lipinski definition) is 2. The summed E-state index contributed by atoms with van der Waals surface area (Å²) in [5, 5.41) is 21.9. The van der Waals surface area contributed by atoms with Gasteiger partial charge >= 0.3 is 0 Å². The van der Waals surface area contributed by atoms with E-state index in [4.69, 9.17) is 11.6 Å². The summed E-state index contributed by atoms with van der Waals surface area (Å²) in [5.41, 5.74) is -0.627. The zero-order valence-electron chi connectivity index (χ0n) is 11.3. The van der Waals surface area contributed by atoms with Crippen LogP contribution in [0.4, 0.5) is 0 Å². The second-order valence-corrected chi connectivity index (χ2v) is 5.90. The molecule has 0 saturated heterocycles. The van der Waals surface area contributed by atoms with E-state index >= 15 is 0 Å². The number of benzene rings is 1. The number of amides is 1. The fourth-order valence-corrected chi connectivity index (χ4v) is 2.69. The maximum Gasteiger partial charge on any atom is 0.254 e. The molecule has 0 aromatic heterocycles. The molecule has 2 N–H and O–H groups in total. The second-order valence-electron chi connectivity index (χ2n) is 5.49. The Kier molecular flexibility index (Phi) is 4.20. The number of nitrogens with one attached hydrogen (secondary N) is 1. The van der Waals surface area contributed by atoms with E-state index in [0.29, 0.717) is 18.8 Å². The molecule has 1 aliphatic carbocycles. The van der Waals surface area contributed by atoms with Gasteiger partial charge < -0.3 is 10.4 Å². The average molecular weight is 293 g/mol. The van der Waals surface area contributed by atoms with E-state index in [1.807, 2.05) is 0 Å². The summed E-state index contributed by atoms with van der Waals surface area (Å²) in [7, 11) is 0. The van der Waals surface area contributed by atoms with Crippen molar-refractivity contribution in [3.8, 4) is 11.8 Å². The van der Waals surface area contributed by atoms with E-state index in [2.05, 4.69) is 18.3 Å². The van der Waals surface area contributed by atoms with Crippen LogP contribution in [-0.4, -0.2) is 16.6 Å². The van der Waals surface area contributed by atoms with Gasteiger partial charge in [0.1, 0.15) is 11.3 Å². The number of carbonyl (C=O) groups is 1. The van der Waals surface area contributed by atoms with E-state index in [-0.39, 0.29) is 16.3 Å². The van der Waals surface area contributed by atoms with Crippen molar-refractivity contribution in [2.45, 2.75) is 38.1 Å². The topological polar surface area (TPSA) is 73.1 Å². The monoisotopic (exact) mass is 292 g/mol. The van der Waals surface area contributed by atoms with Crippen LogP contribution in [0.1, 0.15) is 43.0 Å². The van der Waals surface area contributed by atoms with Crippen molar-refractivity contribution in [2.24, 2.45) is 5.92 Å². The minimum Gasteiger partial charge on any atom is -0.508 e. The van der Waals surface area contributed by atoms with Crippen LogP contribution in [0.5, 0.6) is 5.75 Å². The van der Waals surface area contributed by atoms with Gasteiger partial charge in [-0.05, 0) is 49.8 Å². The average Bonchev–Trinajstić information content (AvgIpc) is 2.44. The minimum absolute atomic E-state index is 0.0252. The first-order valence-electron chi connectivity index (χ1n) is 6.68. The van der Waals surface area contributed by atoms with Crippen molar-refractivity contribution in [3.05, 3.63) is 28.8 Å². The van der Waals surface area contributed by atoms with E-state index in [1.165, 1.54) is 18.2 Å². The number of phenolic OH excluding ortho intramolecular Hbond substituents is 1. The van der Waals surface area contributed by atoms with Crippen LogP contribution in [0.25, 0.3) is 0 Å². The molecule has 0 aliphatic heterocycles. The van der Waals surface area contributed by atoms with Gasteiger partial charge in [-0.3, -0.25) is 4.79 Å². The largest absolute Gasteiger partial charge is 0.508 e. The van der Waals surface area contributed by atoms with E-state index in [1.54, 1.807) is 0 Å². The zero-order valence-corrected chi connectivity index (χ0v) is 12.1. The Morgan fingerprint density at radius 2 is 2.15 bits per heavy atom.